The highest BCUT2D eigenvalue weighted by molar-refractivity contribution is 5.71. The molecule has 1 unspecified atom stereocenters. The summed E-state index contributed by atoms with van der Waals surface area (Å²) in [7, 11) is 0. The van der Waals surface area contributed by atoms with Crippen LogP contribution in [0.3, 0.4) is 0 Å². The second-order valence-corrected chi connectivity index (χ2v) is 22.4. The third-order valence-electron chi connectivity index (χ3n) is 14.5. The first-order valence-corrected chi connectivity index (χ1v) is 34.0. The van der Waals surface area contributed by atoms with Crippen molar-refractivity contribution in [2.24, 2.45) is 0 Å². The lowest BCUT2D eigenvalue weighted by Crippen LogP contribution is -2.30. The molecule has 0 radical (unpaired) electrons. The van der Waals surface area contributed by atoms with E-state index in [0.717, 1.165) is 135 Å². The third-order valence-corrected chi connectivity index (χ3v) is 14.5. The maximum absolute atomic E-state index is 12.9. The van der Waals surface area contributed by atoms with Crippen molar-refractivity contribution in [2.75, 3.05) is 13.2 Å². The first kappa shape index (κ1) is 76.8. The molecule has 0 heterocycles. The lowest BCUT2D eigenvalue weighted by molar-refractivity contribution is -0.167. The van der Waals surface area contributed by atoms with E-state index >= 15 is 0 Å². The number of unbranched alkanes of at least 4 members (excludes halogenated alkanes) is 30. The van der Waals surface area contributed by atoms with Gasteiger partial charge in [0.25, 0.3) is 0 Å². The van der Waals surface area contributed by atoms with Crippen molar-refractivity contribution in [1.29, 1.82) is 0 Å². The van der Waals surface area contributed by atoms with Crippen molar-refractivity contribution in [1.82, 2.24) is 0 Å². The van der Waals surface area contributed by atoms with Gasteiger partial charge in [-0.05, 0) is 116 Å². The quantitative estimate of drug-likeness (QED) is 0.0261. The average Bonchev–Trinajstić information content (AvgIpc) is 3.47. The summed E-state index contributed by atoms with van der Waals surface area (Å²) in [4.78, 5) is 38.4. The second-order valence-electron chi connectivity index (χ2n) is 22.4. The Labute approximate surface area is 501 Å². The number of carbonyl (C=O) groups excluding carboxylic acids is 3. The van der Waals surface area contributed by atoms with Gasteiger partial charge in [-0.1, -0.05) is 303 Å². The molecule has 462 valence electrons. The topological polar surface area (TPSA) is 78.9 Å². The van der Waals surface area contributed by atoms with E-state index in [-0.39, 0.29) is 31.1 Å². The summed E-state index contributed by atoms with van der Waals surface area (Å²) in [5, 5.41) is 0. The summed E-state index contributed by atoms with van der Waals surface area (Å²) in [5.74, 6) is -0.931. The van der Waals surface area contributed by atoms with Gasteiger partial charge in [-0.3, -0.25) is 14.4 Å². The zero-order chi connectivity index (χ0) is 58.5. The van der Waals surface area contributed by atoms with E-state index in [9.17, 15) is 14.4 Å². The largest absolute Gasteiger partial charge is 0.462 e. The van der Waals surface area contributed by atoms with Gasteiger partial charge in [0.15, 0.2) is 6.10 Å². The third kappa shape index (κ3) is 66.5. The molecule has 0 aromatic heterocycles. The standard InChI is InChI=1S/C75H126O6/c1-4-7-10-13-16-19-22-25-28-31-33-35-36-37-38-40-41-44-47-50-53-56-59-62-65-68-74(77)80-71-72(70-79-73(76)67-64-61-58-55-52-49-46-43-30-27-24-21-18-15-12-9-6-3)81-75(78)69-66-63-60-57-54-51-48-45-42-39-34-32-29-26-23-20-17-14-11-8-5-2/h7,10,16,19,23,25-26,28,32-35,37-38,41-42,44-45,50,53,72H,4-6,8-9,11-15,17-18,20-22,24,27,29-31,36,39-40,43,46-49,51-52,54-71H2,1-3H3/b10-7-,19-16-,26-23-,28-25-,34-32-,35-33-,38-37-,44-41-,45-42-,53-50-. The summed E-state index contributed by atoms with van der Waals surface area (Å²) >= 11 is 0. The van der Waals surface area contributed by atoms with E-state index in [0.29, 0.717) is 19.3 Å². The molecule has 0 fully saturated rings. The molecule has 0 spiro atoms. The molecule has 81 heavy (non-hydrogen) atoms. The summed E-state index contributed by atoms with van der Waals surface area (Å²) in [5.41, 5.74) is 0. The summed E-state index contributed by atoms with van der Waals surface area (Å²) < 4.78 is 16.9. The molecule has 0 N–H and O–H groups in total. The van der Waals surface area contributed by atoms with Gasteiger partial charge in [0.1, 0.15) is 13.2 Å². The number of hydrogen-bond donors (Lipinski definition) is 0. The molecule has 0 aliphatic carbocycles. The number of rotatable bonds is 61. The van der Waals surface area contributed by atoms with E-state index in [1.54, 1.807) is 0 Å². The van der Waals surface area contributed by atoms with Crippen LogP contribution in [0, 0.1) is 0 Å². The summed E-state index contributed by atoms with van der Waals surface area (Å²) in [6.07, 6.45) is 94.9. The zero-order valence-corrected chi connectivity index (χ0v) is 53.0. The van der Waals surface area contributed by atoms with Crippen molar-refractivity contribution < 1.29 is 28.6 Å². The molecule has 0 amide bonds. The van der Waals surface area contributed by atoms with Crippen LogP contribution < -0.4 is 0 Å². The molecular weight excluding hydrogens is 997 g/mol. The predicted octanol–water partition coefficient (Wildman–Crippen LogP) is 23.6. The number of carbonyl (C=O) groups is 3. The number of ether oxygens (including phenoxy) is 3. The number of esters is 3. The van der Waals surface area contributed by atoms with E-state index < -0.39 is 6.10 Å². The van der Waals surface area contributed by atoms with Crippen molar-refractivity contribution in [2.45, 2.75) is 322 Å². The molecule has 0 saturated carbocycles. The highest BCUT2D eigenvalue weighted by Gasteiger charge is 2.19. The van der Waals surface area contributed by atoms with Crippen LogP contribution in [0.4, 0.5) is 0 Å². The number of allylic oxidation sites excluding steroid dienone is 20. The molecule has 1 atom stereocenters. The molecule has 6 heteroatoms. The smallest absolute Gasteiger partial charge is 0.306 e. The zero-order valence-electron chi connectivity index (χ0n) is 53.0. The maximum Gasteiger partial charge on any atom is 0.306 e. The maximum atomic E-state index is 12.9. The molecule has 0 aliphatic heterocycles. The first-order valence-electron chi connectivity index (χ1n) is 34.0. The van der Waals surface area contributed by atoms with Crippen LogP contribution in [-0.4, -0.2) is 37.2 Å². The Hall–Kier alpha value is -4.19. The van der Waals surface area contributed by atoms with Crippen LogP contribution in [0.15, 0.2) is 122 Å². The van der Waals surface area contributed by atoms with E-state index in [1.165, 1.54) is 141 Å². The average molecular weight is 1120 g/mol. The van der Waals surface area contributed by atoms with Crippen LogP contribution in [0.2, 0.25) is 0 Å². The van der Waals surface area contributed by atoms with Gasteiger partial charge in [0, 0.05) is 19.3 Å². The number of hydrogen-bond acceptors (Lipinski definition) is 6. The molecule has 6 nitrogen and oxygen atoms in total. The van der Waals surface area contributed by atoms with Crippen LogP contribution in [0.1, 0.15) is 316 Å². The lowest BCUT2D eigenvalue weighted by Gasteiger charge is -2.18. The summed E-state index contributed by atoms with van der Waals surface area (Å²) in [6.45, 7) is 6.51. The molecule has 0 aromatic rings. The van der Waals surface area contributed by atoms with Crippen LogP contribution >= 0.6 is 0 Å². The normalized spacial score (nSPS) is 12.9. The Bertz CT molecular complexity index is 1670. The highest BCUT2D eigenvalue weighted by Crippen LogP contribution is 2.16. The molecular formula is C75H126O6. The van der Waals surface area contributed by atoms with Crippen molar-refractivity contribution in [3.8, 4) is 0 Å². The first-order chi connectivity index (χ1) is 40.0. The molecule has 0 rings (SSSR count). The van der Waals surface area contributed by atoms with Crippen LogP contribution in [0.5, 0.6) is 0 Å². The Morgan fingerprint density at radius 1 is 0.259 bits per heavy atom. The van der Waals surface area contributed by atoms with Gasteiger partial charge in [-0.25, -0.2) is 0 Å². The van der Waals surface area contributed by atoms with Gasteiger partial charge in [-0.2, -0.15) is 0 Å². The fraction of sp³-hybridized carbons (Fsp3) is 0.693. The van der Waals surface area contributed by atoms with Crippen molar-refractivity contribution in [3.63, 3.8) is 0 Å². The predicted molar refractivity (Wildman–Crippen MR) is 353 cm³/mol. The minimum Gasteiger partial charge on any atom is -0.462 e. The minimum atomic E-state index is -0.803. The Morgan fingerprint density at radius 3 is 0.765 bits per heavy atom. The monoisotopic (exact) mass is 1120 g/mol. The van der Waals surface area contributed by atoms with E-state index in [4.69, 9.17) is 14.2 Å². The molecule has 0 aromatic carbocycles. The Morgan fingerprint density at radius 2 is 0.481 bits per heavy atom. The molecule has 0 bridgehead atoms. The second kappa shape index (κ2) is 68.3. The van der Waals surface area contributed by atoms with Gasteiger partial charge in [-0.15, -0.1) is 0 Å². The minimum absolute atomic E-state index is 0.0941. The SMILES string of the molecule is CC/C=C\C/C=C\C/C=C\C/C=C\C/C=C\C/C=C\C/C=C\CCCCCC(=O)OCC(COC(=O)CCCCCCCCCCCCCCCCCCC)OC(=O)CCCCCCCC/C=C\C/C=C\C/C=C\CCCCCCC. The molecule has 0 saturated heterocycles. The molecule has 0 aliphatic rings. The lowest BCUT2D eigenvalue weighted by atomic mass is 10.0. The Kier molecular flexibility index (Phi) is 64.8. The fourth-order valence-electron chi connectivity index (χ4n) is 9.37. The highest BCUT2D eigenvalue weighted by atomic mass is 16.6. The fourth-order valence-corrected chi connectivity index (χ4v) is 9.37. The van der Waals surface area contributed by atoms with Crippen molar-refractivity contribution >= 4 is 17.9 Å². The van der Waals surface area contributed by atoms with Crippen molar-refractivity contribution in [3.05, 3.63) is 122 Å². The van der Waals surface area contributed by atoms with E-state index in [2.05, 4.69) is 142 Å². The van der Waals surface area contributed by atoms with E-state index in [1.807, 2.05) is 0 Å². The van der Waals surface area contributed by atoms with Gasteiger partial charge in [0.05, 0.1) is 0 Å². The van der Waals surface area contributed by atoms with Gasteiger partial charge in [0.2, 0.25) is 0 Å². The van der Waals surface area contributed by atoms with Crippen LogP contribution in [0.25, 0.3) is 0 Å². The van der Waals surface area contributed by atoms with Gasteiger partial charge < -0.3 is 14.2 Å². The van der Waals surface area contributed by atoms with Crippen LogP contribution in [-0.2, 0) is 28.6 Å². The van der Waals surface area contributed by atoms with Gasteiger partial charge >= 0.3 is 17.9 Å². The summed E-state index contributed by atoms with van der Waals surface area (Å²) in [6, 6.07) is 0. The Balaban J connectivity index is 4.48.